The Balaban J connectivity index is 1.34. The zero-order valence-corrected chi connectivity index (χ0v) is 15.0. The predicted molar refractivity (Wildman–Crippen MR) is 97.1 cm³/mol. The molecule has 0 unspecified atom stereocenters. The Labute approximate surface area is 153 Å². The number of benzene rings is 2. The van der Waals surface area contributed by atoms with Gasteiger partial charge in [-0.05, 0) is 35.7 Å². The van der Waals surface area contributed by atoms with Crippen molar-refractivity contribution in [2.24, 2.45) is 0 Å². The van der Waals surface area contributed by atoms with E-state index in [1.165, 1.54) is 5.56 Å². The molecule has 0 aromatic heterocycles. The Morgan fingerprint density at radius 3 is 2.54 bits per heavy atom. The van der Waals surface area contributed by atoms with E-state index in [4.69, 9.17) is 18.9 Å². The molecular weight excluding hydrogens is 334 g/mol. The highest BCUT2D eigenvalue weighted by Gasteiger charge is 2.13. The fourth-order valence-electron chi connectivity index (χ4n) is 2.47. The SMILES string of the molecule is CC(C)c1ccc(OCC(=O)NCCOc2ccc3c(c2)OCO3)cc1. The van der Waals surface area contributed by atoms with Crippen LogP contribution in [0.15, 0.2) is 42.5 Å². The van der Waals surface area contributed by atoms with Gasteiger partial charge in [0.05, 0.1) is 6.54 Å². The summed E-state index contributed by atoms with van der Waals surface area (Å²) in [5, 5.41) is 2.76. The summed E-state index contributed by atoms with van der Waals surface area (Å²) in [6.07, 6.45) is 0. The van der Waals surface area contributed by atoms with Crippen LogP contribution in [0.25, 0.3) is 0 Å². The third kappa shape index (κ3) is 4.81. The second kappa shape index (κ2) is 8.47. The number of nitrogens with one attached hydrogen (secondary N) is 1. The maximum absolute atomic E-state index is 11.8. The zero-order chi connectivity index (χ0) is 18.4. The number of fused-ring (bicyclic) bond motifs is 1. The highest BCUT2D eigenvalue weighted by atomic mass is 16.7. The highest BCUT2D eigenvalue weighted by molar-refractivity contribution is 5.77. The molecule has 0 saturated heterocycles. The maximum Gasteiger partial charge on any atom is 0.258 e. The molecule has 0 atom stereocenters. The average molecular weight is 357 g/mol. The molecule has 0 saturated carbocycles. The molecule has 2 aromatic carbocycles. The molecule has 6 nitrogen and oxygen atoms in total. The van der Waals surface area contributed by atoms with Crippen molar-refractivity contribution in [3.8, 4) is 23.0 Å². The molecule has 0 fully saturated rings. The normalized spacial score (nSPS) is 12.1. The zero-order valence-electron chi connectivity index (χ0n) is 15.0. The molecule has 138 valence electrons. The van der Waals surface area contributed by atoms with E-state index in [-0.39, 0.29) is 19.3 Å². The standard InChI is InChI=1S/C20H23NO5/c1-14(2)15-3-5-16(6-4-15)24-12-20(22)21-9-10-23-17-7-8-18-19(11-17)26-13-25-18/h3-8,11,14H,9-10,12-13H2,1-2H3,(H,21,22). The smallest absolute Gasteiger partial charge is 0.258 e. The number of hydrogen-bond donors (Lipinski definition) is 1. The maximum atomic E-state index is 11.8. The van der Waals surface area contributed by atoms with Gasteiger partial charge in [-0.25, -0.2) is 0 Å². The van der Waals surface area contributed by atoms with Gasteiger partial charge < -0.3 is 24.3 Å². The van der Waals surface area contributed by atoms with Crippen LogP contribution in [-0.4, -0.2) is 32.5 Å². The van der Waals surface area contributed by atoms with Crippen molar-refractivity contribution >= 4 is 5.91 Å². The molecule has 1 heterocycles. The van der Waals surface area contributed by atoms with Gasteiger partial charge in [0.25, 0.3) is 5.91 Å². The van der Waals surface area contributed by atoms with E-state index in [0.717, 1.165) is 0 Å². The summed E-state index contributed by atoms with van der Waals surface area (Å²) in [7, 11) is 0. The fourth-order valence-corrected chi connectivity index (χ4v) is 2.47. The summed E-state index contributed by atoms with van der Waals surface area (Å²) >= 11 is 0. The number of hydrogen-bond acceptors (Lipinski definition) is 5. The molecule has 0 spiro atoms. The monoisotopic (exact) mass is 357 g/mol. The molecule has 2 aromatic rings. The predicted octanol–water partition coefficient (Wildman–Crippen LogP) is 3.11. The lowest BCUT2D eigenvalue weighted by Crippen LogP contribution is -2.32. The Bertz CT molecular complexity index is 742. The molecule has 6 heteroatoms. The van der Waals surface area contributed by atoms with Gasteiger partial charge in [0.15, 0.2) is 18.1 Å². The van der Waals surface area contributed by atoms with Crippen molar-refractivity contribution in [2.45, 2.75) is 19.8 Å². The lowest BCUT2D eigenvalue weighted by Gasteiger charge is -2.10. The quantitative estimate of drug-likeness (QED) is 0.736. The summed E-state index contributed by atoms with van der Waals surface area (Å²) in [6.45, 7) is 5.22. The molecule has 0 radical (unpaired) electrons. The van der Waals surface area contributed by atoms with E-state index in [2.05, 4.69) is 19.2 Å². The second-order valence-corrected chi connectivity index (χ2v) is 6.23. The van der Waals surface area contributed by atoms with E-state index in [0.29, 0.717) is 42.1 Å². The van der Waals surface area contributed by atoms with Gasteiger partial charge in [-0.15, -0.1) is 0 Å². The van der Waals surface area contributed by atoms with Crippen molar-refractivity contribution in [1.29, 1.82) is 0 Å². The topological polar surface area (TPSA) is 66.0 Å². The first-order chi connectivity index (χ1) is 12.6. The molecule has 26 heavy (non-hydrogen) atoms. The van der Waals surface area contributed by atoms with Gasteiger partial charge in [-0.1, -0.05) is 26.0 Å². The van der Waals surface area contributed by atoms with E-state index in [9.17, 15) is 4.79 Å². The van der Waals surface area contributed by atoms with Gasteiger partial charge in [0, 0.05) is 6.07 Å². The molecule has 0 bridgehead atoms. The second-order valence-electron chi connectivity index (χ2n) is 6.23. The van der Waals surface area contributed by atoms with Crippen molar-refractivity contribution in [1.82, 2.24) is 5.32 Å². The molecule has 1 N–H and O–H groups in total. The van der Waals surface area contributed by atoms with Crippen LogP contribution < -0.4 is 24.3 Å². The largest absolute Gasteiger partial charge is 0.492 e. The van der Waals surface area contributed by atoms with Crippen LogP contribution in [-0.2, 0) is 4.79 Å². The number of carbonyl (C=O) groups excluding carboxylic acids is 1. The van der Waals surface area contributed by atoms with Gasteiger partial charge in [-0.3, -0.25) is 4.79 Å². The minimum absolute atomic E-state index is 0.0228. The van der Waals surface area contributed by atoms with Gasteiger partial charge >= 0.3 is 0 Å². The third-order valence-electron chi connectivity index (χ3n) is 3.95. The van der Waals surface area contributed by atoms with Crippen LogP contribution in [0.3, 0.4) is 0 Å². The Hall–Kier alpha value is -2.89. The number of rotatable bonds is 8. The van der Waals surface area contributed by atoms with Gasteiger partial charge in [-0.2, -0.15) is 0 Å². The first kappa shape index (κ1) is 17.9. The molecule has 3 rings (SSSR count). The number of amides is 1. The van der Waals surface area contributed by atoms with Crippen molar-refractivity contribution < 1.29 is 23.7 Å². The van der Waals surface area contributed by atoms with Crippen LogP contribution in [0.4, 0.5) is 0 Å². The molecular formula is C20H23NO5. The number of ether oxygens (including phenoxy) is 4. The van der Waals surface area contributed by atoms with Crippen LogP contribution in [0, 0.1) is 0 Å². The van der Waals surface area contributed by atoms with Crippen LogP contribution in [0.1, 0.15) is 25.3 Å². The molecule has 1 amide bonds. The van der Waals surface area contributed by atoms with Crippen molar-refractivity contribution in [3.63, 3.8) is 0 Å². The van der Waals surface area contributed by atoms with Crippen molar-refractivity contribution in [3.05, 3.63) is 48.0 Å². The lowest BCUT2D eigenvalue weighted by atomic mass is 10.0. The summed E-state index contributed by atoms with van der Waals surface area (Å²) in [6, 6.07) is 13.2. The number of carbonyl (C=O) groups is 1. The first-order valence-electron chi connectivity index (χ1n) is 8.64. The van der Waals surface area contributed by atoms with E-state index >= 15 is 0 Å². The van der Waals surface area contributed by atoms with Crippen molar-refractivity contribution in [2.75, 3.05) is 26.6 Å². The van der Waals surface area contributed by atoms with Crippen LogP contribution in [0.5, 0.6) is 23.0 Å². The Kier molecular flexibility index (Phi) is 5.84. The van der Waals surface area contributed by atoms with E-state index in [1.807, 2.05) is 24.3 Å². The first-order valence-corrected chi connectivity index (χ1v) is 8.64. The van der Waals surface area contributed by atoms with E-state index in [1.54, 1.807) is 18.2 Å². The minimum Gasteiger partial charge on any atom is -0.492 e. The van der Waals surface area contributed by atoms with E-state index < -0.39 is 0 Å². The molecule has 0 aliphatic carbocycles. The lowest BCUT2D eigenvalue weighted by molar-refractivity contribution is -0.123. The highest BCUT2D eigenvalue weighted by Crippen LogP contribution is 2.34. The van der Waals surface area contributed by atoms with Gasteiger partial charge in [0.2, 0.25) is 6.79 Å². The summed E-state index contributed by atoms with van der Waals surface area (Å²) in [5.74, 6) is 3.02. The molecule has 1 aliphatic rings. The summed E-state index contributed by atoms with van der Waals surface area (Å²) in [4.78, 5) is 11.8. The summed E-state index contributed by atoms with van der Waals surface area (Å²) < 4.78 is 21.6. The average Bonchev–Trinajstić information content (AvgIpc) is 3.11. The third-order valence-corrected chi connectivity index (χ3v) is 3.95. The van der Waals surface area contributed by atoms with Gasteiger partial charge in [0.1, 0.15) is 18.1 Å². The Morgan fingerprint density at radius 2 is 1.77 bits per heavy atom. The van der Waals surface area contributed by atoms with Crippen LogP contribution in [0.2, 0.25) is 0 Å². The minimum atomic E-state index is -0.188. The fraction of sp³-hybridized carbons (Fsp3) is 0.350. The summed E-state index contributed by atoms with van der Waals surface area (Å²) in [5.41, 5.74) is 1.24. The molecule has 1 aliphatic heterocycles. The van der Waals surface area contributed by atoms with Crippen LogP contribution >= 0.6 is 0 Å². The Morgan fingerprint density at radius 1 is 1.04 bits per heavy atom.